The number of benzene rings is 2. The fourth-order valence-electron chi connectivity index (χ4n) is 2.05. The number of rotatable bonds is 7. The minimum Gasteiger partial charge on any atom is -0.497 e. The molecule has 2 rings (SSSR count). The fourth-order valence-corrected chi connectivity index (χ4v) is 2.33. The largest absolute Gasteiger partial charge is 0.497 e. The van der Waals surface area contributed by atoms with Crippen LogP contribution in [0.15, 0.2) is 42.5 Å². The van der Waals surface area contributed by atoms with E-state index in [1.807, 2.05) is 0 Å². The normalized spacial score (nSPS) is 11.6. The molecular weight excluding hydrogens is 320 g/mol. The van der Waals surface area contributed by atoms with Crippen molar-refractivity contribution in [3.8, 4) is 17.2 Å². The van der Waals surface area contributed by atoms with Crippen molar-refractivity contribution < 1.29 is 24.1 Å². The van der Waals surface area contributed by atoms with Gasteiger partial charge in [0.2, 0.25) is 0 Å². The number of halogens is 1. The molecule has 122 valence electrons. The first-order chi connectivity index (χ1) is 11.0. The summed E-state index contributed by atoms with van der Waals surface area (Å²) in [6.45, 7) is 0. The molecule has 23 heavy (non-hydrogen) atoms. The molecule has 0 amide bonds. The highest BCUT2D eigenvalue weighted by molar-refractivity contribution is 6.32. The molecule has 0 aromatic heterocycles. The van der Waals surface area contributed by atoms with E-state index in [1.165, 1.54) is 7.11 Å². The Bertz CT molecular complexity index is 669. The maximum atomic E-state index is 11.4. The molecule has 0 heterocycles. The molecule has 0 bridgehead atoms. The van der Waals surface area contributed by atoms with Crippen molar-refractivity contribution in [2.24, 2.45) is 0 Å². The third-order valence-electron chi connectivity index (χ3n) is 3.25. The number of ether oxygens (including phenoxy) is 3. The average Bonchev–Trinajstić information content (AvgIpc) is 2.55. The molecule has 0 radical (unpaired) electrons. The number of carbonyl (C=O) groups is 1. The summed E-state index contributed by atoms with van der Waals surface area (Å²) in [7, 11) is 3.08. The van der Waals surface area contributed by atoms with Crippen molar-refractivity contribution in [2.45, 2.75) is 12.5 Å². The zero-order valence-corrected chi connectivity index (χ0v) is 13.5. The Morgan fingerprint density at radius 2 is 1.74 bits per heavy atom. The lowest BCUT2D eigenvalue weighted by Crippen LogP contribution is -2.29. The van der Waals surface area contributed by atoms with E-state index in [4.69, 9.17) is 25.8 Å². The summed E-state index contributed by atoms with van der Waals surface area (Å²) in [5.41, 5.74) is 0.747. The summed E-state index contributed by atoms with van der Waals surface area (Å²) in [5.74, 6) is 0.620. The quantitative estimate of drug-likeness (QED) is 0.839. The van der Waals surface area contributed by atoms with Crippen molar-refractivity contribution >= 4 is 17.6 Å². The van der Waals surface area contributed by atoms with Crippen LogP contribution >= 0.6 is 11.6 Å². The smallest absolute Gasteiger partial charge is 0.345 e. The zero-order chi connectivity index (χ0) is 16.8. The van der Waals surface area contributed by atoms with Crippen molar-refractivity contribution in [1.29, 1.82) is 0 Å². The molecule has 6 heteroatoms. The first-order valence-corrected chi connectivity index (χ1v) is 7.27. The van der Waals surface area contributed by atoms with E-state index >= 15 is 0 Å². The molecule has 5 nitrogen and oxygen atoms in total. The van der Waals surface area contributed by atoms with Crippen molar-refractivity contribution in [3.63, 3.8) is 0 Å². The van der Waals surface area contributed by atoms with Crippen LogP contribution in [0.3, 0.4) is 0 Å². The molecule has 2 aromatic carbocycles. The summed E-state index contributed by atoms with van der Waals surface area (Å²) < 4.78 is 15.7. The van der Waals surface area contributed by atoms with E-state index in [0.717, 1.165) is 5.56 Å². The molecule has 0 spiro atoms. The van der Waals surface area contributed by atoms with Gasteiger partial charge in [0.15, 0.2) is 6.10 Å². The van der Waals surface area contributed by atoms with E-state index in [1.54, 1.807) is 49.6 Å². The van der Waals surface area contributed by atoms with Gasteiger partial charge < -0.3 is 19.3 Å². The molecular formula is C17H17ClO5. The Morgan fingerprint density at radius 1 is 1.09 bits per heavy atom. The van der Waals surface area contributed by atoms with Gasteiger partial charge in [-0.05, 0) is 42.0 Å². The Hall–Kier alpha value is -2.40. The predicted molar refractivity (Wildman–Crippen MR) is 86.8 cm³/mol. The van der Waals surface area contributed by atoms with Gasteiger partial charge in [-0.1, -0.05) is 17.7 Å². The molecule has 0 fully saturated rings. The maximum absolute atomic E-state index is 11.4. The standard InChI is InChI=1S/C17H17ClO5/c1-21-12-4-6-13(7-5-12)23-16(17(19)20)10-11-3-8-15(22-2)14(18)9-11/h3-9,16H,10H2,1-2H3,(H,19,20)/t16-/m1/s1. The Morgan fingerprint density at radius 3 is 2.26 bits per heavy atom. The highest BCUT2D eigenvalue weighted by Gasteiger charge is 2.20. The summed E-state index contributed by atoms with van der Waals surface area (Å²) in [4.78, 5) is 11.4. The van der Waals surface area contributed by atoms with E-state index in [2.05, 4.69) is 0 Å². The lowest BCUT2D eigenvalue weighted by Gasteiger charge is -2.16. The summed E-state index contributed by atoms with van der Waals surface area (Å²) in [6.07, 6.45) is -0.835. The van der Waals surface area contributed by atoms with E-state index in [9.17, 15) is 9.90 Å². The summed E-state index contributed by atoms with van der Waals surface area (Å²) >= 11 is 6.06. The van der Waals surface area contributed by atoms with E-state index in [-0.39, 0.29) is 6.42 Å². The molecule has 0 aliphatic rings. The second-order valence-corrected chi connectivity index (χ2v) is 5.20. The first kappa shape index (κ1) is 17.0. The monoisotopic (exact) mass is 336 g/mol. The molecule has 0 saturated carbocycles. The molecule has 1 N–H and O–H groups in total. The van der Waals surface area contributed by atoms with Crippen molar-refractivity contribution in [1.82, 2.24) is 0 Å². The van der Waals surface area contributed by atoms with Crippen LogP contribution < -0.4 is 14.2 Å². The average molecular weight is 337 g/mol. The van der Waals surface area contributed by atoms with Gasteiger partial charge in [-0.25, -0.2) is 4.79 Å². The van der Waals surface area contributed by atoms with Gasteiger partial charge in [-0.2, -0.15) is 0 Å². The van der Waals surface area contributed by atoms with Crippen LogP contribution in [0.25, 0.3) is 0 Å². The predicted octanol–water partition coefficient (Wildman–Crippen LogP) is 3.43. The molecule has 1 atom stereocenters. The SMILES string of the molecule is COc1ccc(O[C@H](Cc2ccc(OC)c(Cl)c2)C(=O)O)cc1. The molecule has 0 saturated heterocycles. The summed E-state index contributed by atoms with van der Waals surface area (Å²) in [5, 5.41) is 9.79. The number of carboxylic acid groups (broad SMARTS) is 1. The van der Waals surface area contributed by atoms with Gasteiger partial charge in [-0.15, -0.1) is 0 Å². The van der Waals surface area contributed by atoms with Gasteiger partial charge in [-0.3, -0.25) is 0 Å². The lowest BCUT2D eigenvalue weighted by molar-refractivity contribution is -0.145. The number of methoxy groups -OCH3 is 2. The third kappa shape index (κ3) is 4.53. The van der Waals surface area contributed by atoms with Crippen LogP contribution in [0.2, 0.25) is 5.02 Å². The van der Waals surface area contributed by atoms with Gasteiger partial charge in [0.1, 0.15) is 17.2 Å². The second-order valence-electron chi connectivity index (χ2n) is 4.79. The van der Waals surface area contributed by atoms with Crippen LogP contribution in [0.4, 0.5) is 0 Å². The highest BCUT2D eigenvalue weighted by atomic mass is 35.5. The molecule has 0 unspecified atom stereocenters. The zero-order valence-electron chi connectivity index (χ0n) is 12.8. The van der Waals surface area contributed by atoms with Crippen molar-refractivity contribution in [2.75, 3.05) is 14.2 Å². The minimum absolute atomic E-state index is 0.186. The number of hydrogen-bond acceptors (Lipinski definition) is 4. The second kappa shape index (κ2) is 7.74. The van der Waals surface area contributed by atoms with Crippen molar-refractivity contribution in [3.05, 3.63) is 53.1 Å². The van der Waals surface area contributed by atoms with Crippen LogP contribution in [0, 0.1) is 0 Å². The van der Waals surface area contributed by atoms with Crippen LogP contribution in [0.5, 0.6) is 17.2 Å². The van der Waals surface area contributed by atoms with Crippen LogP contribution in [-0.2, 0) is 11.2 Å². The Kier molecular flexibility index (Phi) is 5.71. The topological polar surface area (TPSA) is 65.0 Å². The highest BCUT2D eigenvalue weighted by Crippen LogP contribution is 2.26. The van der Waals surface area contributed by atoms with Gasteiger partial charge in [0, 0.05) is 6.42 Å². The maximum Gasteiger partial charge on any atom is 0.345 e. The fraction of sp³-hybridized carbons (Fsp3) is 0.235. The van der Waals surface area contributed by atoms with E-state index in [0.29, 0.717) is 22.3 Å². The van der Waals surface area contributed by atoms with Crippen LogP contribution in [0.1, 0.15) is 5.56 Å². The number of aliphatic carboxylic acids is 1. The molecule has 0 aliphatic heterocycles. The Labute approximate surface area is 139 Å². The Balaban J connectivity index is 2.12. The third-order valence-corrected chi connectivity index (χ3v) is 3.55. The molecule has 2 aromatic rings. The van der Waals surface area contributed by atoms with Gasteiger partial charge >= 0.3 is 5.97 Å². The van der Waals surface area contributed by atoms with E-state index < -0.39 is 12.1 Å². The number of carboxylic acids is 1. The summed E-state index contributed by atoms with van der Waals surface area (Å²) in [6, 6.07) is 11.9. The van der Waals surface area contributed by atoms with Crippen LogP contribution in [-0.4, -0.2) is 31.4 Å². The lowest BCUT2D eigenvalue weighted by atomic mass is 10.1. The molecule has 0 aliphatic carbocycles. The van der Waals surface area contributed by atoms with Gasteiger partial charge in [0.05, 0.1) is 19.2 Å². The van der Waals surface area contributed by atoms with Gasteiger partial charge in [0.25, 0.3) is 0 Å². The minimum atomic E-state index is -1.05. The number of hydrogen-bond donors (Lipinski definition) is 1. The first-order valence-electron chi connectivity index (χ1n) is 6.89.